The van der Waals surface area contributed by atoms with Crippen molar-refractivity contribution in [2.24, 2.45) is 0 Å². The maximum atomic E-state index is 12.3. The van der Waals surface area contributed by atoms with Gasteiger partial charge < -0.3 is 20.6 Å². The van der Waals surface area contributed by atoms with Crippen molar-refractivity contribution in [3.8, 4) is 0 Å². The van der Waals surface area contributed by atoms with Crippen molar-refractivity contribution in [2.75, 3.05) is 6.61 Å². The van der Waals surface area contributed by atoms with Gasteiger partial charge in [-0.3, -0.25) is 4.79 Å². The molecule has 0 bridgehead atoms. The molecule has 5 nitrogen and oxygen atoms in total. The molecule has 41 heavy (non-hydrogen) atoms. The molecule has 0 saturated carbocycles. The van der Waals surface area contributed by atoms with E-state index in [4.69, 9.17) is 0 Å². The quantitative estimate of drug-likeness (QED) is 0.0471. The SMILES string of the molecule is CCCCCCCCCCCCCC/C=C\C(O)C(=O)N[C@@H](CO)[C@H](O)CCCCCCCCCCCCCCC. The first-order chi connectivity index (χ1) is 20.1. The van der Waals surface area contributed by atoms with E-state index < -0.39 is 24.2 Å². The van der Waals surface area contributed by atoms with Gasteiger partial charge in [0.1, 0.15) is 0 Å². The number of unbranched alkanes of at least 4 members (excludes halogenated alkanes) is 24. The van der Waals surface area contributed by atoms with E-state index in [0.717, 1.165) is 25.7 Å². The Morgan fingerprint density at radius 2 is 0.951 bits per heavy atom. The lowest BCUT2D eigenvalue weighted by Gasteiger charge is -2.23. The number of amides is 1. The fourth-order valence-electron chi connectivity index (χ4n) is 5.52. The maximum Gasteiger partial charge on any atom is 0.253 e. The highest BCUT2D eigenvalue weighted by molar-refractivity contribution is 5.82. The summed E-state index contributed by atoms with van der Waals surface area (Å²) in [6, 6.07) is -0.737. The van der Waals surface area contributed by atoms with Crippen LogP contribution in [0.5, 0.6) is 0 Å². The molecule has 0 aromatic heterocycles. The van der Waals surface area contributed by atoms with Gasteiger partial charge in [-0.25, -0.2) is 0 Å². The van der Waals surface area contributed by atoms with E-state index in [2.05, 4.69) is 19.2 Å². The molecule has 0 aromatic carbocycles. The summed E-state index contributed by atoms with van der Waals surface area (Å²) in [6.07, 6.45) is 35.0. The average Bonchev–Trinajstić information content (AvgIpc) is 2.98. The minimum atomic E-state index is -1.25. The lowest BCUT2D eigenvalue weighted by atomic mass is 10.0. The number of aliphatic hydroxyl groups excluding tert-OH is 3. The Labute approximate surface area is 255 Å². The zero-order valence-electron chi connectivity index (χ0n) is 27.4. The number of nitrogens with one attached hydrogen (secondary N) is 1. The van der Waals surface area contributed by atoms with Crippen molar-refractivity contribution in [1.29, 1.82) is 0 Å². The van der Waals surface area contributed by atoms with E-state index in [-0.39, 0.29) is 6.61 Å². The Morgan fingerprint density at radius 1 is 0.585 bits per heavy atom. The van der Waals surface area contributed by atoms with Gasteiger partial charge in [0, 0.05) is 0 Å². The smallest absolute Gasteiger partial charge is 0.253 e. The number of hydrogen-bond acceptors (Lipinski definition) is 4. The van der Waals surface area contributed by atoms with Crippen molar-refractivity contribution in [2.45, 2.75) is 205 Å². The summed E-state index contributed by atoms with van der Waals surface area (Å²) in [4.78, 5) is 12.3. The minimum Gasteiger partial charge on any atom is -0.394 e. The number of aliphatic hydroxyl groups is 3. The van der Waals surface area contributed by atoms with Crippen LogP contribution in [0.3, 0.4) is 0 Å². The van der Waals surface area contributed by atoms with Crippen LogP contribution >= 0.6 is 0 Å². The Balaban J connectivity index is 3.74. The predicted octanol–water partition coefficient (Wildman–Crippen LogP) is 9.31. The third-order valence-corrected chi connectivity index (χ3v) is 8.40. The fraction of sp³-hybridized carbons (Fsp3) is 0.917. The molecule has 0 aliphatic rings. The topological polar surface area (TPSA) is 89.8 Å². The molecule has 5 heteroatoms. The molecule has 4 N–H and O–H groups in total. The molecule has 0 aromatic rings. The molecule has 244 valence electrons. The average molecular weight is 582 g/mol. The summed E-state index contributed by atoms with van der Waals surface area (Å²) in [5, 5.41) is 32.9. The second-order valence-corrected chi connectivity index (χ2v) is 12.4. The van der Waals surface area contributed by atoms with Crippen LogP contribution < -0.4 is 5.32 Å². The third kappa shape index (κ3) is 27.7. The normalized spacial score (nSPS) is 14.0. The van der Waals surface area contributed by atoms with Gasteiger partial charge in [0.2, 0.25) is 0 Å². The standard InChI is InChI=1S/C36H71NO4/c1-3-5-7-9-11-13-15-17-19-21-23-25-27-29-31-35(40)36(41)37-33(32-38)34(39)30-28-26-24-22-20-18-16-14-12-10-8-6-4-2/h29,31,33-35,38-40H,3-28,30,32H2,1-2H3,(H,37,41)/b31-29-/t33-,34+,35?/m0/s1. The zero-order chi connectivity index (χ0) is 30.2. The molecule has 0 aliphatic carbocycles. The summed E-state index contributed by atoms with van der Waals surface area (Å²) in [7, 11) is 0. The van der Waals surface area contributed by atoms with Crippen LogP contribution in [0.1, 0.15) is 187 Å². The van der Waals surface area contributed by atoms with Crippen LogP contribution in [0.2, 0.25) is 0 Å². The number of rotatable bonds is 32. The molecule has 0 rings (SSSR count). The van der Waals surface area contributed by atoms with E-state index in [1.165, 1.54) is 147 Å². The van der Waals surface area contributed by atoms with Gasteiger partial charge in [-0.1, -0.05) is 180 Å². The molecular formula is C36H71NO4. The van der Waals surface area contributed by atoms with Gasteiger partial charge in [-0.2, -0.15) is 0 Å². The van der Waals surface area contributed by atoms with Gasteiger partial charge in [0.05, 0.1) is 18.8 Å². The molecule has 0 heterocycles. The summed E-state index contributed by atoms with van der Waals surface area (Å²) in [5.74, 6) is -0.556. The Kier molecular flexibility index (Phi) is 31.3. The highest BCUT2D eigenvalue weighted by Gasteiger charge is 2.22. The highest BCUT2D eigenvalue weighted by atomic mass is 16.3. The number of allylic oxidation sites excluding steroid dienone is 1. The third-order valence-electron chi connectivity index (χ3n) is 8.40. The van der Waals surface area contributed by atoms with Crippen LogP contribution in [-0.4, -0.2) is 46.1 Å². The van der Waals surface area contributed by atoms with Crippen molar-refractivity contribution in [3.63, 3.8) is 0 Å². The summed E-state index contributed by atoms with van der Waals surface area (Å²) >= 11 is 0. The van der Waals surface area contributed by atoms with E-state index in [1.54, 1.807) is 0 Å². The lowest BCUT2D eigenvalue weighted by Crippen LogP contribution is -2.49. The molecule has 0 spiro atoms. The van der Waals surface area contributed by atoms with E-state index in [1.807, 2.05) is 6.08 Å². The van der Waals surface area contributed by atoms with Gasteiger partial charge in [0.25, 0.3) is 5.91 Å². The molecule has 0 saturated heterocycles. The van der Waals surface area contributed by atoms with E-state index in [9.17, 15) is 20.1 Å². The second kappa shape index (κ2) is 32.0. The summed E-state index contributed by atoms with van der Waals surface area (Å²) < 4.78 is 0. The van der Waals surface area contributed by atoms with Crippen molar-refractivity contribution in [3.05, 3.63) is 12.2 Å². The first-order valence-electron chi connectivity index (χ1n) is 18.0. The Hall–Kier alpha value is -0.910. The van der Waals surface area contributed by atoms with Gasteiger partial charge in [-0.15, -0.1) is 0 Å². The van der Waals surface area contributed by atoms with Crippen molar-refractivity contribution < 1.29 is 20.1 Å². The van der Waals surface area contributed by atoms with Crippen LogP contribution in [-0.2, 0) is 4.79 Å². The highest BCUT2D eigenvalue weighted by Crippen LogP contribution is 2.15. The summed E-state index contributed by atoms with van der Waals surface area (Å²) in [6.45, 7) is 4.19. The van der Waals surface area contributed by atoms with Crippen molar-refractivity contribution >= 4 is 5.91 Å². The van der Waals surface area contributed by atoms with Gasteiger partial charge >= 0.3 is 0 Å². The van der Waals surface area contributed by atoms with Crippen LogP contribution in [0.25, 0.3) is 0 Å². The largest absolute Gasteiger partial charge is 0.394 e. The molecular weight excluding hydrogens is 510 g/mol. The lowest BCUT2D eigenvalue weighted by molar-refractivity contribution is -0.129. The molecule has 0 aliphatic heterocycles. The number of hydrogen-bond donors (Lipinski definition) is 4. The van der Waals surface area contributed by atoms with Gasteiger partial charge in [-0.05, 0) is 19.3 Å². The van der Waals surface area contributed by atoms with Crippen molar-refractivity contribution in [1.82, 2.24) is 5.32 Å². The maximum absolute atomic E-state index is 12.3. The molecule has 1 unspecified atom stereocenters. The van der Waals surface area contributed by atoms with Crippen LogP contribution in [0.15, 0.2) is 12.2 Å². The molecule has 1 amide bonds. The molecule has 0 fully saturated rings. The number of carbonyl (C=O) groups excluding carboxylic acids is 1. The Bertz CT molecular complexity index is 568. The molecule has 3 atom stereocenters. The first-order valence-corrected chi connectivity index (χ1v) is 18.0. The second-order valence-electron chi connectivity index (χ2n) is 12.4. The minimum absolute atomic E-state index is 0.333. The van der Waals surface area contributed by atoms with Crippen LogP contribution in [0, 0.1) is 0 Å². The number of carbonyl (C=O) groups is 1. The predicted molar refractivity (Wildman–Crippen MR) is 176 cm³/mol. The van der Waals surface area contributed by atoms with Gasteiger partial charge in [0.15, 0.2) is 6.10 Å². The molecule has 0 radical (unpaired) electrons. The van der Waals surface area contributed by atoms with Crippen LogP contribution in [0.4, 0.5) is 0 Å². The van der Waals surface area contributed by atoms with E-state index >= 15 is 0 Å². The first kappa shape index (κ1) is 40.1. The Morgan fingerprint density at radius 3 is 1.34 bits per heavy atom. The summed E-state index contributed by atoms with van der Waals surface area (Å²) in [5.41, 5.74) is 0. The zero-order valence-corrected chi connectivity index (χ0v) is 27.4. The monoisotopic (exact) mass is 582 g/mol. The fourth-order valence-corrected chi connectivity index (χ4v) is 5.52. The van der Waals surface area contributed by atoms with E-state index in [0.29, 0.717) is 6.42 Å².